The first kappa shape index (κ1) is 17.6. The molecule has 1 aromatic heterocycles. The van der Waals surface area contributed by atoms with Gasteiger partial charge in [-0.15, -0.1) is 24.0 Å². The van der Waals surface area contributed by atoms with Gasteiger partial charge in [0.05, 0.1) is 6.54 Å². The molecule has 1 N–H and O–H groups in total. The van der Waals surface area contributed by atoms with Crippen molar-refractivity contribution in [3.63, 3.8) is 0 Å². The molecule has 1 saturated heterocycles. The Bertz CT molecular complexity index is 434. The third kappa shape index (κ3) is 4.54. The molecule has 0 amide bonds. The van der Waals surface area contributed by atoms with E-state index in [1.165, 1.54) is 12.2 Å². The number of nitrogens with one attached hydrogen (secondary N) is 1. The maximum absolute atomic E-state index is 4.39. The minimum absolute atomic E-state index is 0. The Labute approximate surface area is 142 Å². The van der Waals surface area contributed by atoms with Gasteiger partial charge in [0.15, 0.2) is 5.96 Å². The molecule has 114 valence electrons. The number of nitrogens with zero attached hydrogens (tertiary/aromatic N) is 4. The van der Waals surface area contributed by atoms with Crippen LogP contribution in [0.2, 0.25) is 0 Å². The summed E-state index contributed by atoms with van der Waals surface area (Å²) < 4.78 is 2.03. The lowest BCUT2D eigenvalue weighted by atomic mass is 10.3. The van der Waals surface area contributed by atoms with Gasteiger partial charge in [0.1, 0.15) is 5.82 Å². The van der Waals surface area contributed by atoms with Gasteiger partial charge in [-0.1, -0.05) is 6.92 Å². The van der Waals surface area contributed by atoms with Crippen molar-refractivity contribution in [1.82, 2.24) is 19.8 Å². The SMILES string of the molecule is CCC1CN(C(=NC)NCc2nccn2C)CCS1.I. The van der Waals surface area contributed by atoms with Gasteiger partial charge in [-0.3, -0.25) is 4.99 Å². The first-order chi connectivity index (χ1) is 9.24. The van der Waals surface area contributed by atoms with Crippen LogP contribution in [0.5, 0.6) is 0 Å². The minimum atomic E-state index is 0. The van der Waals surface area contributed by atoms with Gasteiger partial charge in [0.25, 0.3) is 0 Å². The summed E-state index contributed by atoms with van der Waals surface area (Å²) in [7, 11) is 3.86. The highest BCUT2D eigenvalue weighted by molar-refractivity contribution is 14.0. The number of hydrogen-bond acceptors (Lipinski definition) is 3. The van der Waals surface area contributed by atoms with E-state index in [1.807, 2.05) is 31.1 Å². The van der Waals surface area contributed by atoms with E-state index in [2.05, 4.69) is 38.9 Å². The molecular formula is C13H24IN5S. The Kier molecular flexibility index (Phi) is 7.71. The van der Waals surface area contributed by atoms with Crippen molar-refractivity contribution >= 4 is 41.7 Å². The van der Waals surface area contributed by atoms with Crippen molar-refractivity contribution in [2.75, 3.05) is 25.9 Å². The predicted octanol–water partition coefficient (Wildman–Crippen LogP) is 1.94. The third-order valence-corrected chi connectivity index (χ3v) is 4.80. The number of imidazole rings is 1. The summed E-state index contributed by atoms with van der Waals surface area (Å²) in [5.41, 5.74) is 0. The number of hydrogen-bond donors (Lipinski definition) is 1. The van der Waals surface area contributed by atoms with Crippen molar-refractivity contribution < 1.29 is 0 Å². The van der Waals surface area contributed by atoms with Crippen LogP contribution in [-0.4, -0.2) is 51.6 Å². The van der Waals surface area contributed by atoms with Crippen molar-refractivity contribution in [3.05, 3.63) is 18.2 Å². The largest absolute Gasteiger partial charge is 0.349 e. The van der Waals surface area contributed by atoms with Crippen molar-refractivity contribution in [1.29, 1.82) is 0 Å². The molecule has 7 heteroatoms. The average molecular weight is 409 g/mol. The van der Waals surface area contributed by atoms with Crippen LogP contribution in [0.25, 0.3) is 0 Å². The zero-order chi connectivity index (χ0) is 13.7. The van der Waals surface area contributed by atoms with Crippen LogP contribution in [0, 0.1) is 0 Å². The summed E-state index contributed by atoms with van der Waals surface area (Å²) in [6.45, 7) is 5.13. The highest BCUT2D eigenvalue weighted by atomic mass is 127. The van der Waals surface area contributed by atoms with Crippen LogP contribution in [0.3, 0.4) is 0 Å². The van der Waals surface area contributed by atoms with Crippen LogP contribution < -0.4 is 5.32 Å². The van der Waals surface area contributed by atoms with Gasteiger partial charge in [-0.2, -0.15) is 11.8 Å². The van der Waals surface area contributed by atoms with Crippen LogP contribution >= 0.6 is 35.7 Å². The molecule has 1 atom stereocenters. The van der Waals surface area contributed by atoms with E-state index in [-0.39, 0.29) is 24.0 Å². The minimum Gasteiger partial charge on any atom is -0.349 e. The fourth-order valence-electron chi connectivity index (χ4n) is 2.22. The summed E-state index contributed by atoms with van der Waals surface area (Å²) in [5, 5.41) is 4.13. The second kappa shape index (κ2) is 8.76. The molecule has 20 heavy (non-hydrogen) atoms. The van der Waals surface area contributed by atoms with Crippen molar-refractivity contribution in [3.8, 4) is 0 Å². The molecule has 1 fully saturated rings. The number of guanidine groups is 1. The molecule has 0 bridgehead atoms. The third-order valence-electron chi connectivity index (χ3n) is 3.43. The molecule has 0 spiro atoms. The Morgan fingerprint density at radius 1 is 1.60 bits per heavy atom. The van der Waals surface area contributed by atoms with E-state index in [0.717, 1.165) is 36.7 Å². The number of aryl methyl sites for hydroxylation is 1. The van der Waals surface area contributed by atoms with E-state index in [4.69, 9.17) is 0 Å². The van der Waals surface area contributed by atoms with E-state index >= 15 is 0 Å². The van der Waals surface area contributed by atoms with Gasteiger partial charge >= 0.3 is 0 Å². The molecule has 2 rings (SSSR count). The molecule has 0 aromatic carbocycles. The molecule has 1 aliphatic heterocycles. The molecule has 1 aliphatic rings. The van der Waals surface area contributed by atoms with E-state index in [0.29, 0.717) is 0 Å². The van der Waals surface area contributed by atoms with Gasteiger partial charge in [0.2, 0.25) is 0 Å². The molecule has 0 saturated carbocycles. The molecule has 5 nitrogen and oxygen atoms in total. The average Bonchev–Trinajstić information content (AvgIpc) is 2.85. The summed E-state index contributed by atoms with van der Waals surface area (Å²) in [5.74, 6) is 3.20. The van der Waals surface area contributed by atoms with Gasteiger partial charge in [-0.25, -0.2) is 4.98 Å². The second-order valence-corrected chi connectivity index (χ2v) is 6.11. The molecule has 2 heterocycles. The fourth-order valence-corrected chi connectivity index (χ4v) is 3.40. The van der Waals surface area contributed by atoms with Gasteiger partial charge in [-0.05, 0) is 6.42 Å². The maximum atomic E-state index is 4.39. The van der Waals surface area contributed by atoms with Crippen LogP contribution in [0.15, 0.2) is 17.4 Å². The number of aromatic nitrogens is 2. The van der Waals surface area contributed by atoms with E-state index in [1.54, 1.807) is 0 Å². The second-order valence-electron chi connectivity index (χ2n) is 4.70. The molecule has 1 unspecified atom stereocenters. The molecule has 1 aromatic rings. The summed E-state index contributed by atoms with van der Waals surface area (Å²) in [6, 6.07) is 0. The van der Waals surface area contributed by atoms with Gasteiger partial charge < -0.3 is 14.8 Å². The highest BCUT2D eigenvalue weighted by Gasteiger charge is 2.21. The number of thioether (sulfide) groups is 1. The highest BCUT2D eigenvalue weighted by Crippen LogP contribution is 2.20. The Balaban J connectivity index is 0.00000200. The Hall–Kier alpha value is -0.440. The zero-order valence-electron chi connectivity index (χ0n) is 12.4. The Morgan fingerprint density at radius 3 is 3.00 bits per heavy atom. The maximum Gasteiger partial charge on any atom is 0.194 e. The zero-order valence-corrected chi connectivity index (χ0v) is 15.5. The van der Waals surface area contributed by atoms with E-state index in [9.17, 15) is 0 Å². The summed E-state index contributed by atoms with van der Waals surface area (Å²) >= 11 is 2.07. The first-order valence-electron chi connectivity index (χ1n) is 6.78. The van der Waals surface area contributed by atoms with Crippen LogP contribution in [0.4, 0.5) is 0 Å². The summed E-state index contributed by atoms with van der Waals surface area (Å²) in [4.78, 5) is 11.1. The lowest BCUT2D eigenvalue weighted by molar-refractivity contribution is 0.407. The van der Waals surface area contributed by atoms with E-state index < -0.39 is 0 Å². The standard InChI is InChI=1S/C13H23N5S.HI/c1-4-11-10-18(7-8-19-11)13(14-2)16-9-12-15-5-6-17(12)3;/h5-6,11H,4,7-10H2,1-3H3,(H,14,16);1H. The van der Waals surface area contributed by atoms with Crippen LogP contribution in [-0.2, 0) is 13.6 Å². The molecule has 0 radical (unpaired) electrons. The number of halogens is 1. The molecular weight excluding hydrogens is 385 g/mol. The lowest BCUT2D eigenvalue weighted by Crippen LogP contribution is -2.47. The quantitative estimate of drug-likeness (QED) is 0.471. The number of aliphatic imine (C=N–C) groups is 1. The number of rotatable bonds is 3. The predicted molar refractivity (Wildman–Crippen MR) is 96.9 cm³/mol. The van der Waals surface area contributed by atoms with Gasteiger partial charge in [0, 0.05) is 50.6 Å². The Morgan fingerprint density at radius 2 is 2.40 bits per heavy atom. The normalized spacial score (nSPS) is 19.6. The first-order valence-corrected chi connectivity index (χ1v) is 7.82. The summed E-state index contributed by atoms with van der Waals surface area (Å²) in [6.07, 6.45) is 5.01. The lowest BCUT2D eigenvalue weighted by Gasteiger charge is -2.34. The topological polar surface area (TPSA) is 45.4 Å². The van der Waals surface area contributed by atoms with Crippen molar-refractivity contribution in [2.45, 2.75) is 25.1 Å². The monoisotopic (exact) mass is 409 g/mol. The van der Waals surface area contributed by atoms with Crippen molar-refractivity contribution in [2.24, 2.45) is 12.0 Å². The smallest absolute Gasteiger partial charge is 0.194 e. The molecule has 0 aliphatic carbocycles. The van der Waals surface area contributed by atoms with Crippen LogP contribution in [0.1, 0.15) is 19.2 Å². The fraction of sp³-hybridized carbons (Fsp3) is 0.692.